The van der Waals surface area contributed by atoms with E-state index in [-0.39, 0.29) is 5.91 Å². The summed E-state index contributed by atoms with van der Waals surface area (Å²) in [7, 11) is 1.63. The van der Waals surface area contributed by atoms with Crippen LogP contribution in [-0.2, 0) is 4.79 Å². The number of hydrogen-bond acceptors (Lipinski definition) is 5. The third-order valence-electron chi connectivity index (χ3n) is 3.74. The molecule has 6 heteroatoms. The lowest BCUT2D eigenvalue weighted by atomic mass is 10.2. The van der Waals surface area contributed by atoms with Crippen molar-refractivity contribution in [3.05, 3.63) is 77.2 Å². The minimum absolute atomic E-state index is 0.0845. The van der Waals surface area contributed by atoms with Crippen LogP contribution >= 0.6 is 24.0 Å². The second-order valence-electron chi connectivity index (χ2n) is 5.47. The summed E-state index contributed by atoms with van der Waals surface area (Å²) in [5.41, 5.74) is 1.98. The van der Waals surface area contributed by atoms with Crippen molar-refractivity contribution < 1.29 is 9.53 Å². The zero-order valence-electron chi connectivity index (χ0n) is 14.2. The normalized spacial score (nSPS) is 15.9. The van der Waals surface area contributed by atoms with Crippen LogP contribution in [0.1, 0.15) is 5.56 Å². The molecule has 132 valence electrons. The lowest BCUT2D eigenvalue weighted by Gasteiger charge is -2.16. The first-order valence-electron chi connectivity index (χ1n) is 8.02. The van der Waals surface area contributed by atoms with Crippen LogP contribution in [0.5, 0.6) is 5.75 Å². The predicted octanol–water partition coefficient (Wildman–Crippen LogP) is 4.52. The number of hydrogen-bond donors (Lipinski definition) is 1. The third kappa shape index (κ3) is 4.53. The SMILES string of the molecule is COc1ccc(NCN2C(=O)C(=CC=Cc3ccccc3)SC2=S)cc1. The van der Waals surface area contributed by atoms with Crippen molar-refractivity contribution in [3.8, 4) is 5.75 Å². The van der Waals surface area contributed by atoms with Crippen molar-refractivity contribution >= 4 is 46.0 Å². The number of thiocarbonyl (C=S) groups is 1. The Hall–Kier alpha value is -2.57. The highest BCUT2D eigenvalue weighted by atomic mass is 32.2. The Morgan fingerprint density at radius 1 is 1.15 bits per heavy atom. The standard InChI is InChI=1S/C20H18N2O2S2/c1-24-17-12-10-16(11-13-17)21-14-22-19(23)18(26-20(22)25)9-5-8-15-6-3-2-4-7-15/h2-13,21H,14H2,1H3. The molecule has 1 heterocycles. The molecule has 0 saturated carbocycles. The number of ether oxygens (including phenoxy) is 1. The van der Waals surface area contributed by atoms with E-state index in [0.717, 1.165) is 17.0 Å². The smallest absolute Gasteiger partial charge is 0.267 e. The fraction of sp³-hybridized carbons (Fsp3) is 0.100. The Morgan fingerprint density at radius 3 is 2.58 bits per heavy atom. The number of nitrogens with one attached hydrogen (secondary N) is 1. The Morgan fingerprint density at radius 2 is 1.88 bits per heavy atom. The van der Waals surface area contributed by atoms with Gasteiger partial charge in [0.1, 0.15) is 10.1 Å². The first-order chi connectivity index (χ1) is 12.7. The Balaban J connectivity index is 1.61. The molecule has 0 unspecified atom stereocenters. The van der Waals surface area contributed by atoms with Gasteiger partial charge in [0.2, 0.25) is 0 Å². The average molecular weight is 383 g/mol. The van der Waals surface area contributed by atoms with Crippen LogP contribution in [0.4, 0.5) is 5.69 Å². The minimum Gasteiger partial charge on any atom is -0.497 e. The van der Waals surface area contributed by atoms with E-state index in [1.165, 1.54) is 11.8 Å². The number of benzene rings is 2. The molecule has 26 heavy (non-hydrogen) atoms. The summed E-state index contributed by atoms with van der Waals surface area (Å²) in [5.74, 6) is 0.702. The molecule has 0 radical (unpaired) electrons. The number of carbonyl (C=O) groups excluding carboxylic acids is 1. The fourth-order valence-corrected chi connectivity index (χ4v) is 3.55. The molecule has 3 rings (SSSR count). The second kappa shape index (κ2) is 8.69. The quantitative estimate of drug-likeness (QED) is 0.588. The summed E-state index contributed by atoms with van der Waals surface area (Å²) in [6, 6.07) is 17.5. The van der Waals surface area contributed by atoms with E-state index in [9.17, 15) is 4.79 Å². The van der Waals surface area contributed by atoms with Gasteiger partial charge in [0.25, 0.3) is 5.91 Å². The van der Waals surface area contributed by atoms with Crippen LogP contribution in [0.3, 0.4) is 0 Å². The molecule has 2 aromatic carbocycles. The molecule has 4 nitrogen and oxygen atoms in total. The van der Waals surface area contributed by atoms with E-state index >= 15 is 0 Å². The zero-order valence-corrected chi connectivity index (χ0v) is 15.8. The molecule has 1 saturated heterocycles. The highest BCUT2D eigenvalue weighted by molar-refractivity contribution is 8.26. The van der Waals surface area contributed by atoms with Crippen molar-refractivity contribution in [1.29, 1.82) is 0 Å². The van der Waals surface area contributed by atoms with Crippen molar-refractivity contribution in [2.45, 2.75) is 0 Å². The van der Waals surface area contributed by atoms with Crippen LogP contribution in [0.15, 0.2) is 71.7 Å². The molecular formula is C20H18N2O2S2. The first kappa shape index (κ1) is 18.2. The Bertz CT molecular complexity index is 846. The highest BCUT2D eigenvalue weighted by Gasteiger charge is 2.31. The Kier molecular flexibility index (Phi) is 6.09. The molecule has 1 aliphatic heterocycles. The third-order valence-corrected chi connectivity index (χ3v) is 5.14. The number of carbonyl (C=O) groups is 1. The zero-order chi connectivity index (χ0) is 18.4. The van der Waals surface area contributed by atoms with E-state index in [4.69, 9.17) is 17.0 Å². The van der Waals surface area contributed by atoms with Crippen LogP contribution in [0.2, 0.25) is 0 Å². The van der Waals surface area contributed by atoms with Gasteiger partial charge in [-0.25, -0.2) is 0 Å². The number of rotatable bonds is 6. The van der Waals surface area contributed by atoms with Crippen molar-refractivity contribution in [2.75, 3.05) is 19.1 Å². The number of thioether (sulfide) groups is 1. The van der Waals surface area contributed by atoms with Crippen LogP contribution in [0.25, 0.3) is 6.08 Å². The molecule has 0 spiro atoms. The van der Waals surface area contributed by atoms with Gasteiger partial charge >= 0.3 is 0 Å². The molecule has 1 amide bonds. The molecule has 0 bridgehead atoms. The van der Waals surface area contributed by atoms with Gasteiger partial charge in [-0.1, -0.05) is 66.5 Å². The summed E-state index contributed by atoms with van der Waals surface area (Å²) in [6.07, 6.45) is 5.64. The molecule has 2 aromatic rings. The number of amides is 1. The minimum atomic E-state index is -0.0845. The summed E-state index contributed by atoms with van der Waals surface area (Å²) in [6.45, 7) is 0.330. The molecular weight excluding hydrogens is 364 g/mol. The summed E-state index contributed by atoms with van der Waals surface area (Å²) in [4.78, 5) is 14.7. The molecule has 0 aromatic heterocycles. The fourth-order valence-electron chi connectivity index (χ4n) is 2.34. The average Bonchev–Trinajstić information content (AvgIpc) is 2.94. The predicted molar refractivity (Wildman–Crippen MR) is 112 cm³/mol. The topological polar surface area (TPSA) is 41.6 Å². The lowest BCUT2D eigenvalue weighted by molar-refractivity contribution is -0.121. The Labute approximate surface area is 162 Å². The number of methoxy groups -OCH3 is 1. The monoisotopic (exact) mass is 382 g/mol. The molecule has 1 aliphatic rings. The highest BCUT2D eigenvalue weighted by Crippen LogP contribution is 2.31. The van der Waals surface area contributed by atoms with Gasteiger partial charge in [-0.05, 0) is 35.9 Å². The summed E-state index contributed by atoms with van der Waals surface area (Å²) < 4.78 is 5.69. The number of allylic oxidation sites excluding steroid dienone is 2. The van der Waals surface area contributed by atoms with Crippen LogP contribution in [0, 0.1) is 0 Å². The molecule has 1 fully saturated rings. The largest absolute Gasteiger partial charge is 0.497 e. The summed E-state index contributed by atoms with van der Waals surface area (Å²) >= 11 is 6.65. The van der Waals surface area contributed by atoms with Crippen molar-refractivity contribution in [2.24, 2.45) is 0 Å². The molecule has 1 N–H and O–H groups in total. The number of anilines is 1. The van der Waals surface area contributed by atoms with E-state index in [1.807, 2.05) is 66.7 Å². The first-order valence-corrected chi connectivity index (χ1v) is 9.25. The van der Waals surface area contributed by atoms with Crippen molar-refractivity contribution in [3.63, 3.8) is 0 Å². The van der Waals surface area contributed by atoms with E-state index < -0.39 is 0 Å². The van der Waals surface area contributed by atoms with Gasteiger partial charge < -0.3 is 10.1 Å². The lowest BCUT2D eigenvalue weighted by Crippen LogP contribution is -2.33. The van der Waals surface area contributed by atoms with Crippen molar-refractivity contribution in [1.82, 2.24) is 4.90 Å². The van der Waals surface area contributed by atoms with Gasteiger partial charge in [0.15, 0.2) is 0 Å². The maximum Gasteiger partial charge on any atom is 0.267 e. The van der Waals surface area contributed by atoms with Gasteiger partial charge in [-0.3, -0.25) is 9.69 Å². The maximum atomic E-state index is 12.5. The molecule has 0 aliphatic carbocycles. The second-order valence-corrected chi connectivity index (χ2v) is 7.14. The summed E-state index contributed by atoms with van der Waals surface area (Å²) in [5, 5.41) is 3.20. The van der Waals surface area contributed by atoms with Crippen LogP contribution in [-0.4, -0.2) is 28.9 Å². The number of nitrogens with zero attached hydrogens (tertiary/aromatic N) is 1. The molecule has 0 atom stereocenters. The van der Waals surface area contributed by atoms with E-state index in [1.54, 1.807) is 18.1 Å². The van der Waals surface area contributed by atoms with Crippen LogP contribution < -0.4 is 10.1 Å². The van der Waals surface area contributed by atoms with Gasteiger partial charge in [-0.2, -0.15) is 0 Å². The van der Waals surface area contributed by atoms with E-state index in [0.29, 0.717) is 15.9 Å². The van der Waals surface area contributed by atoms with Gasteiger partial charge in [0, 0.05) is 5.69 Å². The van der Waals surface area contributed by atoms with Gasteiger partial charge in [-0.15, -0.1) is 0 Å². The van der Waals surface area contributed by atoms with E-state index in [2.05, 4.69) is 5.32 Å². The maximum absolute atomic E-state index is 12.5. The van der Waals surface area contributed by atoms with Gasteiger partial charge in [0.05, 0.1) is 18.7 Å².